The average Bonchev–Trinajstić information content (AvgIpc) is 2.42. The van der Waals surface area contributed by atoms with Gasteiger partial charge in [-0.3, -0.25) is 0 Å². The maximum Gasteiger partial charge on any atom is 0.143 e. The normalized spacial score (nSPS) is 11.7. The standard InChI is InChI=1S/C16H14F2N2/c1-11(9-12-5-2-3-6-14(12)17)20-16-8-4-7-15(18)13(16)10-19/h2-8,11,20H,9H2,1H3. The van der Waals surface area contributed by atoms with Crippen LogP contribution in [0.15, 0.2) is 42.5 Å². The summed E-state index contributed by atoms with van der Waals surface area (Å²) in [5.41, 5.74) is 0.992. The van der Waals surface area contributed by atoms with E-state index in [2.05, 4.69) is 5.32 Å². The number of hydrogen-bond donors (Lipinski definition) is 1. The van der Waals surface area contributed by atoms with E-state index in [-0.39, 0.29) is 17.4 Å². The van der Waals surface area contributed by atoms with Gasteiger partial charge >= 0.3 is 0 Å². The Morgan fingerprint density at radius 3 is 2.50 bits per heavy atom. The van der Waals surface area contributed by atoms with E-state index < -0.39 is 5.82 Å². The summed E-state index contributed by atoms with van der Waals surface area (Å²) in [4.78, 5) is 0. The van der Waals surface area contributed by atoms with Crippen LogP contribution in [0.3, 0.4) is 0 Å². The summed E-state index contributed by atoms with van der Waals surface area (Å²) in [6.45, 7) is 1.86. The minimum absolute atomic E-state index is 0.0205. The summed E-state index contributed by atoms with van der Waals surface area (Å²) in [6.07, 6.45) is 0.452. The zero-order chi connectivity index (χ0) is 14.5. The molecule has 0 fully saturated rings. The van der Waals surface area contributed by atoms with Gasteiger partial charge in [0.2, 0.25) is 0 Å². The molecular weight excluding hydrogens is 258 g/mol. The molecule has 0 amide bonds. The Bertz CT molecular complexity index is 647. The smallest absolute Gasteiger partial charge is 0.143 e. The predicted octanol–water partition coefficient (Wildman–Crippen LogP) is 3.88. The lowest BCUT2D eigenvalue weighted by Crippen LogP contribution is -2.19. The van der Waals surface area contributed by atoms with Crippen molar-refractivity contribution < 1.29 is 8.78 Å². The van der Waals surface area contributed by atoms with E-state index in [1.165, 1.54) is 18.2 Å². The second-order valence-electron chi connectivity index (χ2n) is 4.62. The molecule has 0 saturated heterocycles. The molecular formula is C16H14F2N2. The van der Waals surface area contributed by atoms with Crippen molar-refractivity contribution in [2.45, 2.75) is 19.4 Å². The van der Waals surface area contributed by atoms with E-state index in [1.54, 1.807) is 24.3 Å². The van der Waals surface area contributed by atoms with Crippen LogP contribution in [0.25, 0.3) is 0 Å². The molecule has 0 radical (unpaired) electrons. The van der Waals surface area contributed by atoms with Crippen molar-refractivity contribution >= 4 is 5.69 Å². The van der Waals surface area contributed by atoms with E-state index in [0.717, 1.165) is 0 Å². The van der Waals surface area contributed by atoms with E-state index in [1.807, 2.05) is 13.0 Å². The van der Waals surface area contributed by atoms with Gasteiger partial charge in [0.05, 0.1) is 5.69 Å². The molecule has 0 bridgehead atoms. The molecule has 0 aromatic heterocycles. The summed E-state index contributed by atoms with van der Waals surface area (Å²) in [5.74, 6) is -0.823. The number of nitrogens with zero attached hydrogens (tertiary/aromatic N) is 1. The van der Waals surface area contributed by atoms with Crippen LogP contribution in [-0.4, -0.2) is 6.04 Å². The van der Waals surface area contributed by atoms with Gasteiger partial charge in [-0.05, 0) is 37.1 Å². The molecule has 0 aliphatic carbocycles. The molecule has 0 saturated carbocycles. The summed E-state index contributed by atoms with van der Waals surface area (Å²) >= 11 is 0. The summed E-state index contributed by atoms with van der Waals surface area (Å²) in [5, 5.41) is 12.0. The zero-order valence-corrected chi connectivity index (χ0v) is 11.0. The molecule has 0 aliphatic heterocycles. The SMILES string of the molecule is CC(Cc1ccccc1F)Nc1cccc(F)c1C#N. The first kappa shape index (κ1) is 14.0. The molecule has 2 aromatic carbocycles. The molecule has 0 spiro atoms. The Labute approximate surface area is 116 Å². The monoisotopic (exact) mass is 272 g/mol. The number of hydrogen-bond acceptors (Lipinski definition) is 2. The van der Waals surface area contributed by atoms with E-state index in [4.69, 9.17) is 5.26 Å². The van der Waals surface area contributed by atoms with Gasteiger partial charge in [-0.1, -0.05) is 24.3 Å². The molecule has 102 valence electrons. The first-order chi connectivity index (χ1) is 9.61. The number of nitrogens with one attached hydrogen (secondary N) is 1. The zero-order valence-electron chi connectivity index (χ0n) is 11.0. The fourth-order valence-electron chi connectivity index (χ4n) is 2.07. The van der Waals surface area contributed by atoms with Crippen LogP contribution in [0, 0.1) is 23.0 Å². The number of benzene rings is 2. The highest BCUT2D eigenvalue weighted by Gasteiger charge is 2.12. The van der Waals surface area contributed by atoms with E-state index in [9.17, 15) is 8.78 Å². The van der Waals surface area contributed by atoms with E-state index >= 15 is 0 Å². The molecule has 20 heavy (non-hydrogen) atoms. The molecule has 1 N–H and O–H groups in total. The lowest BCUT2D eigenvalue weighted by Gasteiger charge is -2.16. The van der Waals surface area contributed by atoms with Crippen molar-refractivity contribution in [2.75, 3.05) is 5.32 Å². The van der Waals surface area contributed by atoms with Crippen LogP contribution >= 0.6 is 0 Å². The molecule has 0 heterocycles. The Morgan fingerprint density at radius 2 is 1.80 bits per heavy atom. The Kier molecular flexibility index (Phi) is 4.31. The molecule has 4 heteroatoms. The first-order valence-corrected chi connectivity index (χ1v) is 6.30. The highest BCUT2D eigenvalue weighted by atomic mass is 19.1. The lowest BCUT2D eigenvalue weighted by molar-refractivity contribution is 0.600. The topological polar surface area (TPSA) is 35.8 Å². The maximum atomic E-state index is 13.6. The van der Waals surface area contributed by atoms with Crippen molar-refractivity contribution in [1.82, 2.24) is 0 Å². The van der Waals surface area contributed by atoms with E-state index in [0.29, 0.717) is 17.7 Å². The molecule has 2 rings (SSSR count). The van der Waals surface area contributed by atoms with Crippen LogP contribution in [0.5, 0.6) is 0 Å². The number of anilines is 1. The van der Waals surface area contributed by atoms with Crippen molar-refractivity contribution in [1.29, 1.82) is 5.26 Å². The highest BCUT2D eigenvalue weighted by Crippen LogP contribution is 2.20. The Hall–Kier alpha value is -2.41. The maximum absolute atomic E-state index is 13.6. The highest BCUT2D eigenvalue weighted by molar-refractivity contribution is 5.58. The third-order valence-corrected chi connectivity index (χ3v) is 3.01. The molecule has 2 nitrogen and oxygen atoms in total. The van der Waals surface area contributed by atoms with Crippen molar-refractivity contribution in [2.24, 2.45) is 0 Å². The predicted molar refractivity (Wildman–Crippen MR) is 74.3 cm³/mol. The van der Waals surface area contributed by atoms with Crippen LogP contribution in [0.2, 0.25) is 0 Å². The number of rotatable bonds is 4. The second-order valence-corrected chi connectivity index (χ2v) is 4.62. The van der Waals surface area contributed by atoms with Crippen LogP contribution in [-0.2, 0) is 6.42 Å². The average molecular weight is 272 g/mol. The molecule has 1 atom stereocenters. The minimum atomic E-state index is -0.560. The van der Waals surface area contributed by atoms with Crippen LogP contribution in [0.1, 0.15) is 18.1 Å². The number of halogens is 2. The number of nitriles is 1. The summed E-state index contributed by atoms with van der Waals surface area (Å²) in [6, 6.07) is 12.7. The fraction of sp³-hybridized carbons (Fsp3) is 0.188. The van der Waals surface area contributed by atoms with Crippen molar-refractivity contribution in [3.8, 4) is 6.07 Å². The minimum Gasteiger partial charge on any atom is -0.381 e. The Morgan fingerprint density at radius 1 is 1.10 bits per heavy atom. The third-order valence-electron chi connectivity index (χ3n) is 3.01. The van der Waals surface area contributed by atoms with Gasteiger partial charge in [0.25, 0.3) is 0 Å². The Balaban J connectivity index is 2.13. The fourth-order valence-corrected chi connectivity index (χ4v) is 2.07. The van der Waals surface area contributed by atoms with Gasteiger partial charge in [0, 0.05) is 6.04 Å². The third kappa shape index (κ3) is 3.12. The van der Waals surface area contributed by atoms with Crippen LogP contribution in [0.4, 0.5) is 14.5 Å². The van der Waals surface area contributed by atoms with Gasteiger partial charge < -0.3 is 5.32 Å². The van der Waals surface area contributed by atoms with Gasteiger partial charge in [0.15, 0.2) is 0 Å². The first-order valence-electron chi connectivity index (χ1n) is 6.30. The molecule has 0 aliphatic rings. The summed E-state index contributed by atoms with van der Waals surface area (Å²) < 4.78 is 27.0. The molecule has 2 aromatic rings. The van der Waals surface area contributed by atoms with Gasteiger partial charge in [-0.25, -0.2) is 8.78 Å². The second kappa shape index (κ2) is 6.16. The van der Waals surface area contributed by atoms with Gasteiger partial charge in [-0.15, -0.1) is 0 Å². The van der Waals surface area contributed by atoms with Gasteiger partial charge in [-0.2, -0.15) is 5.26 Å². The van der Waals surface area contributed by atoms with Crippen LogP contribution < -0.4 is 5.32 Å². The van der Waals surface area contributed by atoms with Crippen molar-refractivity contribution in [3.63, 3.8) is 0 Å². The quantitative estimate of drug-likeness (QED) is 0.916. The van der Waals surface area contributed by atoms with Crippen molar-refractivity contribution in [3.05, 3.63) is 65.2 Å². The lowest BCUT2D eigenvalue weighted by atomic mass is 10.1. The summed E-state index contributed by atoms with van der Waals surface area (Å²) in [7, 11) is 0. The van der Waals surface area contributed by atoms with Gasteiger partial charge in [0.1, 0.15) is 23.3 Å². The largest absolute Gasteiger partial charge is 0.381 e. The molecule has 1 unspecified atom stereocenters.